The van der Waals surface area contributed by atoms with Crippen molar-refractivity contribution >= 4 is 5.78 Å². The second-order valence-corrected chi connectivity index (χ2v) is 5.53. The molecule has 154 valence electrons. The lowest BCUT2D eigenvalue weighted by molar-refractivity contribution is 0.103. The summed E-state index contributed by atoms with van der Waals surface area (Å²) in [5.41, 5.74) is 3.44. The van der Waals surface area contributed by atoms with Gasteiger partial charge in [0.05, 0.1) is 5.56 Å². The number of phenols is 1. The molecule has 1 aromatic rings. The molecule has 1 N–H and O–H groups in total. The van der Waals surface area contributed by atoms with Gasteiger partial charge in [0.2, 0.25) is 0 Å². The third-order valence-corrected chi connectivity index (χ3v) is 3.47. The van der Waals surface area contributed by atoms with Crippen LogP contribution in [0.1, 0.15) is 91.1 Å². The maximum atomic E-state index is 12.5. The third-order valence-electron chi connectivity index (χ3n) is 3.47. The van der Waals surface area contributed by atoms with E-state index in [2.05, 4.69) is 20.4 Å². The molecule has 0 saturated heterocycles. The lowest BCUT2D eigenvalue weighted by atomic mass is 9.92. The summed E-state index contributed by atoms with van der Waals surface area (Å²) in [5, 5.41) is 9.91. The van der Waals surface area contributed by atoms with E-state index in [4.69, 9.17) is 0 Å². The van der Waals surface area contributed by atoms with Gasteiger partial charge in [-0.25, -0.2) is 0 Å². The molecule has 0 aliphatic carbocycles. The number of hydrogen-bond donors (Lipinski definition) is 1. The van der Waals surface area contributed by atoms with Crippen molar-refractivity contribution in [3.63, 3.8) is 0 Å². The summed E-state index contributed by atoms with van der Waals surface area (Å²) in [7, 11) is 0. The first kappa shape index (κ1) is 29.7. The van der Waals surface area contributed by atoms with Crippen molar-refractivity contribution in [1.29, 1.82) is 0 Å². The van der Waals surface area contributed by atoms with Crippen molar-refractivity contribution in [2.24, 2.45) is 0 Å². The Morgan fingerprint density at radius 1 is 1.00 bits per heavy atom. The van der Waals surface area contributed by atoms with Crippen molar-refractivity contribution in [3.05, 3.63) is 64.8 Å². The monoisotopic (exact) mass is 374 g/mol. The fourth-order valence-electron chi connectivity index (χ4n) is 2.02. The van der Waals surface area contributed by atoms with Crippen molar-refractivity contribution in [3.8, 4) is 5.75 Å². The van der Waals surface area contributed by atoms with Crippen LogP contribution in [0.5, 0.6) is 5.75 Å². The Balaban J connectivity index is -0.000000621. The minimum Gasteiger partial charge on any atom is -0.507 e. The number of unbranched alkanes of at least 4 members (excludes halogenated alkanes) is 1. The number of aromatic hydroxyl groups is 1. The highest BCUT2D eigenvalue weighted by molar-refractivity contribution is 6.13. The average molecular weight is 375 g/mol. The van der Waals surface area contributed by atoms with Crippen LogP contribution in [0.25, 0.3) is 0 Å². The molecule has 0 radical (unpaired) electrons. The van der Waals surface area contributed by atoms with Crippen LogP contribution in [0.4, 0.5) is 0 Å². The number of Topliss-reactive ketones (excluding diaryl/α,β-unsaturated/α-hetero) is 1. The van der Waals surface area contributed by atoms with Crippen LogP contribution in [0.15, 0.2) is 53.6 Å². The fourth-order valence-corrected chi connectivity index (χ4v) is 2.02. The lowest BCUT2D eigenvalue weighted by Gasteiger charge is -2.12. The summed E-state index contributed by atoms with van der Waals surface area (Å²) in [6.45, 7) is 23.7. The fraction of sp³-hybridized carbons (Fsp3) is 0.480. The number of ketones is 1. The van der Waals surface area contributed by atoms with Gasteiger partial charge >= 0.3 is 0 Å². The number of hydrogen-bond acceptors (Lipinski definition) is 2. The molecule has 0 unspecified atom stereocenters. The molecule has 2 nitrogen and oxygen atoms in total. The first-order valence-corrected chi connectivity index (χ1v) is 10.2. The van der Waals surface area contributed by atoms with E-state index < -0.39 is 0 Å². The Bertz CT molecular complexity index is 603. The predicted molar refractivity (Wildman–Crippen MR) is 123 cm³/mol. The van der Waals surface area contributed by atoms with Gasteiger partial charge in [-0.1, -0.05) is 84.8 Å². The van der Waals surface area contributed by atoms with Crippen LogP contribution < -0.4 is 0 Å². The molecule has 0 saturated carbocycles. The van der Waals surface area contributed by atoms with Gasteiger partial charge in [0, 0.05) is 5.57 Å². The first-order valence-electron chi connectivity index (χ1n) is 10.2. The number of allylic oxidation sites excluding steroid dienone is 5. The summed E-state index contributed by atoms with van der Waals surface area (Å²) < 4.78 is 0. The van der Waals surface area contributed by atoms with Crippen molar-refractivity contribution in [1.82, 2.24) is 0 Å². The molecule has 1 rings (SSSR count). The normalized spacial score (nSPS) is 10.3. The maximum absolute atomic E-state index is 12.5. The number of carbonyl (C=O) groups is 1. The SMILES string of the molecule is C=C(C)C(=C/C)/C(=C\C)C(=O)c1ccc(C)cc1O.CC.CC.CCCC. The number of aryl methyl sites for hydroxylation is 1. The molecule has 0 bridgehead atoms. The molecule has 0 aromatic heterocycles. The second kappa shape index (κ2) is 18.7. The highest BCUT2D eigenvalue weighted by Gasteiger charge is 2.18. The third kappa shape index (κ3) is 11.3. The molecule has 0 heterocycles. The number of rotatable bonds is 5. The van der Waals surface area contributed by atoms with Gasteiger partial charge in [-0.15, -0.1) is 0 Å². The van der Waals surface area contributed by atoms with E-state index in [1.807, 2.05) is 67.5 Å². The van der Waals surface area contributed by atoms with Gasteiger partial charge in [-0.05, 0) is 51.0 Å². The maximum Gasteiger partial charge on any atom is 0.197 e. The summed E-state index contributed by atoms with van der Waals surface area (Å²) in [6.07, 6.45) is 6.26. The van der Waals surface area contributed by atoms with Crippen LogP contribution in [0, 0.1) is 6.92 Å². The van der Waals surface area contributed by atoms with Gasteiger partial charge in [0.25, 0.3) is 0 Å². The number of phenolic OH excluding ortho intramolecular Hbond substituents is 1. The second-order valence-electron chi connectivity index (χ2n) is 5.53. The summed E-state index contributed by atoms with van der Waals surface area (Å²) in [6, 6.07) is 5.06. The van der Waals surface area contributed by atoms with Gasteiger partial charge in [0.1, 0.15) is 5.75 Å². The Hall–Kier alpha value is -2.09. The first-order chi connectivity index (χ1) is 12.8. The van der Waals surface area contributed by atoms with E-state index in [-0.39, 0.29) is 11.5 Å². The molecule has 1 aromatic carbocycles. The van der Waals surface area contributed by atoms with E-state index in [9.17, 15) is 9.90 Å². The zero-order valence-corrected chi connectivity index (χ0v) is 19.4. The molecule has 0 atom stereocenters. The minimum atomic E-state index is -0.184. The van der Waals surface area contributed by atoms with Crippen LogP contribution in [0.3, 0.4) is 0 Å². The highest BCUT2D eigenvalue weighted by atomic mass is 16.3. The number of carbonyl (C=O) groups excluding carboxylic acids is 1. The standard InChI is InChI=1S/C17H20O2.C4H10.2C2H6/c1-6-13(11(3)4)14(7-2)17(19)15-9-8-12(5)10-16(15)18;1-3-4-2;2*1-2/h6-10,18H,3H2,1-2,4-5H3;3-4H2,1-2H3;2*1-2H3/b13-6-,14-7+;;;. The number of benzene rings is 1. The minimum absolute atomic E-state index is 0.0153. The summed E-state index contributed by atoms with van der Waals surface area (Å²) in [4.78, 5) is 12.5. The smallest absolute Gasteiger partial charge is 0.197 e. The zero-order valence-electron chi connectivity index (χ0n) is 19.4. The molecule has 2 heteroatoms. The Morgan fingerprint density at radius 2 is 1.44 bits per heavy atom. The van der Waals surface area contributed by atoms with Crippen LogP contribution >= 0.6 is 0 Å². The van der Waals surface area contributed by atoms with E-state index in [0.717, 1.165) is 16.7 Å². The van der Waals surface area contributed by atoms with Crippen LogP contribution in [-0.2, 0) is 0 Å². The lowest BCUT2D eigenvalue weighted by Crippen LogP contribution is -2.07. The zero-order chi connectivity index (χ0) is 22.0. The molecule has 0 amide bonds. The van der Waals surface area contributed by atoms with Crippen LogP contribution in [-0.4, -0.2) is 10.9 Å². The molecule has 0 aliphatic rings. The molecular weight excluding hydrogens is 332 g/mol. The van der Waals surface area contributed by atoms with E-state index in [1.54, 1.807) is 18.2 Å². The molecule has 0 aliphatic heterocycles. The quantitative estimate of drug-likeness (QED) is 0.320. The van der Waals surface area contributed by atoms with Crippen molar-refractivity contribution in [2.75, 3.05) is 0 Å². The van der Waals surface area contributed by atoms with Gasteiger partial charge in [-0.2, -0.15) is 0 Å². The van der Waals surface area contributed by atoms with Gasteiger partial charge in [-0.3, -0.25) is 4.79 Å². The summed E-state index contributed by atoms with van der Waals surface area (Å²) >= 11 is 0. The summed E-state index contributed by atoms with van der Waals surface area (Å²) in [5.74, 6) is -0.169. The largest absolute Gasteiger partial charge is 0.507 e. The topological polar surface area (TPSA) is 37.3 Å². The molecular formula is C25H42O2. The van der Waals surface area contributed by atoms with E-state index in [1.165, 1.54) is 12.8 Å². The van der Waals surface area contributed by atoms with Crippen LogP contribution in [0.2, 0.25) is 0 Å². The average Bonchev–Trinajstić information content (AvgIpc) is 2.68. The molecule has 27 heavy (non-hydrogen) atoms. The van der Waals surface area contributed by atoms with Crippen molar-refractivity contribution < 1.29 is 9.90 Å². The molecule has 0 fully saturated rings. The van der Waals surface area contributed by atoms with Crippen molar-refractivity contribution in [2.45, 2.75) is 82.1 Å². The highest BCUT2D eigenvalue weighted by Crippen LogP contribution is 2.27. The Morgan fingerprint density at radius 3 is 1.74 bits per heavy atom. The molecule has 0 spiro atoms. The van der Waals surface area contributed by atoms with Gasteiger partial charge < -0.3 is 5.11 Å². The Labute approximate surface area is 168 Å². The predicted octanol–water partition coefficient (Wildman–Crippen LogP) is 8.21. The van der Waals surface area contributed by atoms with E-state index >= 15 is 0 Å². The van der Waals surface area contributed by atoms with Gasteiger partial charge in [0.15, 0.2) is 5.78 Å². The Kier molecular flexibility index (Phi) is 20.5. The van der Waals surface area contributed by atoms with E-state index in [0.29, 0.717) is 11.1 Å².